The average molecular weight is 373 g/mol. The zero-order valence-electron chi connectivity index (χ0n) is 15.7. The van der Waals surface area contributed by atoms with Crippen LogP contribution in [-0.4, -0.2) is 51.3 Å². The molecule has 0 unspecified atom stereocenters. The quantitative estimate of drug-likeness (QED) is 0.730. The summed E-state index contributed by atoms with van der Waals surface area (Å²) in [5.74, 6) is 0.215. The van der Waals surface area contributed by atoms with Gasteiger partial charge in [0.25, 0.3) is 0 Å². The molecule has 0 saturated heterocycles. The zero-order valence-corrected chi connectivity index (χ0v) is 15.7. The van der Waals surface area contributed by atoms with Crippen molar-refractivity contribution in [1.29, 1.82) is 0 Å². The number of hydrogen-bond donors (Lipinski definition) is 0. The molecule has 3 rings (SSSR count). The van der Waals surface area contributed by atoms with Gasteiger partial charge in [0, 0.05) is 11.3 Å². The monoisotopic (exact) mass is 373 g/mol. The van der Waals surface area contributed by atoms with E-state index in [1.165, 1.54) is 14.2 Å². The summed E-state index contributed by atoms with van der Waals surface area (Å²) >= 11 is 0. The molecule has 0 radical (unpaired) electrons. The van der Waals surface area contributed by atoms with E-state index in [4.69, 9.17) is 9.47 Å². The number of nitrogens with zero attached hydrogens (tertiary/aromatic N) is 5. The Labute approximate surface area is 157 Å². The van der Waals surface area contributed by atoms with E-state index in [1.807, 2.05) is 0 Å². The Morgan fingerprint density at radius 2 is 1.89 bits per heavy atom. The molecule has 1 fully saturated rings. The normalized spacial score (nSPS) is 19.5. The SMILES string of the molecule is COC(=O)c1cc(-c2nnn(CC3CCC(C(=O)OC)CC3)n2)cc(C)n1. The largest absolute Gasteiger partial charge is 0.469 e. The third-order valence-electron chi connectivity index (χ3n) is 4.86. The number of hydrogen-bond acceptors (Lipinski definition) is 8. The Balaban J connectivity index is 1.67. The van der Waals surface area contributed by atoms with Crippen molar-refractivity contribution in [2.45, 2.75) is 39.2 Å². The highest BCUT2D eigenvalue weighted by molar-refractivity contribution is 5.88. The van der Waals surface area contributed by atoms with Gasteiger partial charge in [-0.25, -0.2) is 9.78 Å². The molecule has 0 atom stereocenters. The maximum Gasteiger partial charge on any atom is 0.356 e. The van der Waals surface area contributed by atoms with Crippen molar-refractivity contribution in [2.24, 2.45) is 11.8 Å². The van der Waals surface area contributed by atoms with Crippen molar-refractivity contribution < 1.29 is 19.1 Å². The first-order valence-corrected chi connectivity index (χ1v) is 8.93. The van der Waals surface area contributed by atoms with E-state index in [0.29, 0.717) is 29.5 Å². The lowest BCUT2D eigenvalue weighted by atomic mass is 9.82. The highest BCUT2D eigenvalue weighted by Crippen LogP contribution is 2.30. The van der Waals surface area contributed by atoms with Gasteiger partial charge in [-0.3, -0.25) is 4.79 Å². The highest BCUT2D eigenvalue weighted by Gasteiger charge is 2.27. The van der Waals surface area contributed by atoms with Gasteiger partial charge < -0.3 is 9.47 Å². The number of carbonyl (C=O) groups excluding carboxylic acids is 2. The van der Waals surface area contributed by atoms with E-state index in [-0.39, 0.29) is 17.6 Å². The Bertz CT molecular complexity index is 827. The minimum atomic E-state index is -0.505. The van der Waals surface area contributed by atoms with E-state index in [0.717, 1.165) is 25.7 Å². The molecule has 2 aromatic heterocycles. The van der Waals surface area contributed by atoms with Crippen LogP contribution < -0.4 is 0 Å². The van der Waals surface area contributed by atoms with Crippen LogP contribution in [0.3, 0.4) is 0 Å². The van der Waals surface area contributed by atoms with Crippen LogP contribution in [0.15, 0.2) is 12.1 Å². The lowest BCUT2D eigenvalue weighted by Gasteiger charge is -2.26. The standard InChI is InChI=1S/C18H23N5O4/c1-11-8-14(9-15(19-11)18(25)27-3)16-20-22-23(21-16)10-12-4-6-13(7-5-12)17(24)26-2/h8-9,12-13H,4-7,10H2,1-3H3. The number of ether oxygens (including phenoxy) is 2. The van der Waals surface area contributed by atoms with Gasteiger partial charge in [-0.15, -0.1) is 10.2 Å². The fourth-order valence-corrected chi connectivity index (χ4v) is 3.42. The van der Waals surface area contributed by atoms with E-state index in [1.54, 1.807) is 23.9 Å². The van der Waals surface area contributed by atoms with Crippen LogP contribution in [-0.2, 0) is 20.8 Å². The first-order chi connectivity index (χ1) is 13.0. The topological polar surface area (TPSA) is 109 Å². The number of tetrazole rings is 1. The zero-order chi connectivity index (χ0) is 19.4. The highest BCUT2D eigenvalue weighted by atomic mass is 16.5. The fraction of sp³-hybridized carbons (Fsp3) is 0.556. The summed E-state index contributed by atoms with van der Waals surface area (Å²) in [5.41, 5.74) is 1.55. The molecular weight excluding hydrogens is 350 g/mol. The predicted octanol–water partition coefficient (Wildman–Crippen LogP) is 1.81. The molecule has 144 valence electrons. The van der Waals surface area contributed by atoms with Gasteiger partial charge in [0.2, 0.25) is 5.82 Å². The third-order valence-corrected chi connectivity index (χ3v) is 4.86. The van der Waals surface area contributed by atoms with Gasteiger partial charge in [-0.2, -0.15) is 4.80 Å². The van der Waals surface area contributed by atoms with Crippen molar-refractivity contribution in [1.82, 2.24) is 25.2 Å². The molecule has 0 bridgehead atoms. The smallest absolute Gasteiger partial charge is 0.356 e. The fourth-order valence-electron chi connectivity index (χ4n) is 3.42. The first kappa shape index (κ1) is 18.9. The molecule has 2 heterocycles. The van der Waals surface area contributed by atoms with E-state index in [9.17, 15) is 9.59 Å². The molecule has 0 aliphatic heterocycles. The molecule has 0 spiro atoms. The number of esters is 2. The lowest BCUT2D eigenvalue weighted by molar-refractivity contribution is -0.146. The van der Waals surface area contributed by atoms with Crippen molar-refractivity contribution in [3.8, 4) is 11.4 Å². The maximum atomic E-state index is 11.7. The van der Waals surface area contributed by atoms with Gasteiger partial charge in [0.05, 0.1) is 26.7 Å². The minimum absolute atomic E-state index is 0.00190. The number of pyridine rings is 1. The van der Waals surface area contributed by atoms with Crippen molar-refractivity contribution in [3.63, 3.8) is 0 Å². The molecule has 2 aromatic rings. The summed E-state index contributed by atoms with van der Waals surface area (Å²) in [6, 6.07) is 3.40. The van der Waals surface area contributed by atoms with Crippen molar-refractivity contribution >= 4 is 11.9 Å². The molecule has 1 aliphatic rings. The van der Waals surface area contributed by atoms with Crippen LogP contribution in [0.25, 0.3) is 11.4 Å². The van der Waals surface area contributed by atoms with E-state index >= 15 is 0 Å². The summed E-state index contributed by atoms with van der Waals surface area (Å²) in [5, 5.41) is 12.7. The summed E-state index contributed by atoms with van der Waals surface area (Å²) < 4.78 is 9.55. The Kier molecular flexibility index (Phi) is 5.78. The van der Waals surface area contributed by atoms with Crippen LogP contribution in [0.5, 0.6) is 0 Å². The Morgan fingerprint density at radius 1 is 1.15 bits per heavy atom. The second kappa shape index (κ2) is 8.24. The van der Waals surface area contributed by atoms with E-state index in [2.05, 4.69) is 20.4 Å². The second-order valence-corrected chi connectivity index (χ2v) is 6.78. The second-order valence-electron chi connectivity index (χ2n) is 6.78. The Hall–Kier alpha value is -2.84. The summed E-state index contributed by atoms with van der Waals surface area (Å²) in [6.45, 7) is 2.44. The molecule has 9 heteroatoms. The molecule has 0 amide bonds. The van der Waals surface area contributed by atoms with Crippen LogP contribution in [0, 0.1) is 18.8 Å². The van der Waals surface area contributed by atoms with Gasteiger partial charge in [-0.05, 0) is 55.9 Å². The molecular formula is C18H23N5O4. The first-order valence-electron chi connectivity index (χ1n) is 8.93. The number of rotatable bonds is 5. The van der Waals surface area contributed by atoms with Gasteiger partial charge >= 0.3 is 11.9 Å². The van der Waals surface area contributed by atoms with Gasteiger partial charge in [-0.1, -0.05) is 0 Å². The van der Waals surface area contributed by atoms with Gasteiger partial charge in [0.15, 0.2) is 0 Å². The molecule has 1 saturated carbocycles. The predicted molar refractivity (Wildman–Crippen MR) is 94.6 cm³/mol. The molecule has 27 heavy (non-hydrogen) atoms. The number of carbonyl (C=O) groups is 2. The van der Waals surface area contributed by atoms with Gasteiger partial charge in [0.1, 0.15) is 5.69 Å². The van der Waals surface area contributed by atoms with Crippen LogP contribution in [0.1, 0.15) is 41.9 Å². The lowest BCUT2D eigenvalue weighted by Crippen LogP contribution is -2.25. The number of methoxy groups -OCH3 is 2. The molecule has 1 aliphatic carbocycles. The number of aromatic nitrogens is 5. The molecule has 0 N–H and O–H groups in total. The van der Waals surface area contributed by atoms with Crippen LogP contribution in [0.2, 0.25) is 0 Å². The van der Waals surface area contributed by atoms with Crippen LogP contribution in [0.4, 0.5) is 0 Å². The third kappa shape index (κ3) is 4.47. The van der Waals surface area contributed by atoms with Crippen LogP contribution >= 0.6 is 0 Å². The Morgan fingerprint density at radius 3 is 2.56 bits per heavy atom. The average Bonchev–Trinajstić information content (AvgIpc) is 3.15. The summed E-state index contributed by atoms with van der Waals surface area (Å²) in [7, 11) is 2.75. The van der Waals surface area contributed by atoms with Crippen molar-refractivity contribution in [2.75, 3.05) is 14.2 Å². The van der Waals surface area contributed by atoms with E-state index < -0.39 is 5.97 Å². The summed E-state index contributed by atoms with van der Waals surface area (Å²) in [4.78, 5) is 29.1. The number of aryl methyl sites for hydroxylation is 1. The molecule has 9 nitrogen and oxygen atoms in total. The van der Waals surface area contributed by atoms with Crippen molar-refractivity contribution in [3.05, 3.63) is 23.5 Å². The summed E-state index contributed by atoms with van der Waals surface area (Å²) in [6.07, 6.45) is 3.50. The maximum absolute atomic E-state index is 11.7. The minimum Gasteiger partial charge on any atom is -0.469 e. The molecule has 0 aromatic carbocycles.